The largest absolute Gasteiger partial charge is 0.358 e. The SMILES string of the molecule is CCN(CC)CC1=CC(C#N)=C/C(=C\P(C(C)(C)C)C(C)(C)C)N1. The number of nitrogens with one attached hydrogen (secondary N) is 1. The molecule has 24 heavy (non-hydrogen) atoms. The van der Waals surface area contributed by atoms with Crippen molar-refractivity contribution in [3.63, 3.8) is 0 Å². The van der Waals surface area contributed by atoms with Crippen LogP contribution in [-0.4, -0.2) is 34.8 Å². The predicted octanol–water partition coefficient (Wildman–Crippen LogP) is 5.19. The first-order valence-corrected chi connectivity index (χ1v) is 10.2. The van der Waals surface area contributed by atoms with Crippen LogP contribution in [0.25, 0.3) is 0 Å². The van der Waals surface area contributed by atoms with Crippen LogP contribution in [-0.2, 0) is 0 Å². The Bertz CT molecular complexity index is 547. The Hall–Kier alpha value is -1.10. The van der Waals surface area contributed by atoms with Gasteiger partial charge in [-0.05, 0) is 41.4 Å². The Labute approximate surface area is 150 Å². The van der Waals surface area contributed by atoms with Crippen LogP contribution >= 0.6 is 7.92 Å². The molecule has 134 valence electrons. The van der Waals surface area contributed by atoms with Crippen LogP contribution in [0.5, 0.6) is 0 Å². The molecule has 0 fully saturated rings. The van der Waals surface area contributed by atoms with Gasteiger partial charge in [-0.25, -0.2) is 0 Å². The number of nitrogens with zero attached hydrogens (tertiary/aromatic N) is 2. The van der Waals surface area contributed by atoms with E-state index in [1.807, 2.05) is 12.2 Å². The van der Waals surface area contributed by atoms with Gasteiger partial charge >= 0.3 is 0 Å². The zero-order valence-corrected chi connectivity index (χ0v) is 17.6. The number of likely N-dealkylation sites (N-methyl/N-ethyl adjacent to an activating group) is 1. The lowest BCUT2D eigenvalue weighted by Gasteiger charge is -2.40. The second-order valence-corrected chi connectivity index (χ2v) is 11.9. The summed E-state index contributed by atoms with van der Waals surface area (Å²) >= 11 is 0. The summed E-state index contributed by atoms with van der Waals surface area (Å²) in [7, 11) is -0.356. The summed E-state index contributed by atoms with van der Waals surface area (Å²) in [6.07, 6.45) is 3.96. The van der Waals surface area contributed by atoms with E-state index in [4.69, 9.17) is 0 Å². The van der Waals surface area contributed by atoms with E-state index in [-0.39, 0.29) is 18.2 Å². The zero-order chi connectivity index (χ0) is 18.5. The van der Waals surface area contributed by atoms with Gasteiger partial charge in [-0.2, -0.15) is 5.26 Å². The van der Waals surface area contributed by atoms with Crippen molar-refractivity contribution in [2.24, 2.45) is 0 Å². The maximum atomic E-state index is 9.40. The van der Waals surface area contributed by atoms with Crippen molar-refractivity contribution in [1.82, 2.24) is 10.2 Å². The lowest BCUT2D eigenvalue weighted by atomic mass is 10.1. The van der Waals surface area contributed by atoms with E-state index >= 15 is 0 Å². The minimum atomic E-state index is -0.356. The van der Waals surface area contributed by atoms with Crippen molar-refractivity contribution in [2.75, 3.05) is 19.6 Å². The highest BCUT2D eigenvalue weighted by atomic mass is 31.1. The summed E-state index contributed by atoms with van der Waals surface area (Å²) in [4.78, 5) is 2.35. The molecule has 0 bridgehead atoms. The molecule has 0 aromatic carbocycles. The molecule has 1 rings (SSSR count). The molecular formula is C20H34N3P. The fraction of sp³-hybridized carbons (Fsp3) is 0.650. The zero-order valence-electron chi connectivity index (χ0n) is 16.7. The van der Waals surface area contributed by atoms with Gasteiger partial charge in [0.15, 0.2) is 0 Å². The van der Waals surface area contributed by atoms with Crippen molar-refractivity contribution in [2.45, 2.75) is 65.7 Å². The van der Waals surface area contributed by atoms with E-state index in [1.165, 1.54) is 0 Å². The lowest BCUT2D eigenvalue weighted by Crippen LogP contribution is -2.31. The van der Waals surface area contributed by atoms with Crippen molar-refractivity contribution >= 4 is 7.92 Å². The maximum absolute atomic E-state index is 9.40. The molecule has 1 aliphatic rings. The van der Waals surface area contributed by atoms with E-state index in [1.54, 1.807) is 0 Å². The molecule has 0 amide bonds. The van der Waals surface area contributed by atoms with E-state index in [2.05, 4.69) is 77.5 Å². The normalized spacial score (nSPS) is 17.6. The Kier molecular flexibility index (Phi) is 7.26. The lowest BCUT2D eigenvalue weighted by molar-refractivity contribution is 0.325. The summed E-state index contributed by atoms with van der Waals surface area (Å²) in [5.74, 6) is 2.38. The Morgan fingerprint density at radius 3 is 2.04 bits per heavy atom. The van der Waals surface area contributed by atoms with Gasteiger partial charge in [0, 0.05) is 17.9 Å². The van der Waals surface area contributed by atoms with Crippen LogP contribution in [0.3, 0.4) is 0 Å². The fourth-order valence-electron chi connectivity index (χ4n) is 3.09. The number of hydrogen-bond donors (Lipinski definition) is 1. The molecule has 0 unspecified atom stereocenters. The van der Waals surface area contributed by atoms with E-state index in [0.29, 0.717) is 0 Å². The Morgan fingerprint density at radius 2 is 1.62 bits per heavy atom. The molecule has 0 saturated carbocycles. The van der Waals surface area contributed by atoms with Crippen LogP contribution in [0, 0.1) is 11.3 Å². The first-order valence-electron chi connectivity index (χ1n) is 8.84. The third-order valence-electron chi connectivity index (χ3n) is 4.08. The highest BCUT2D eigenvalue weighted by Crippen LogP contribution is 2.60. The third-order valence-corrected chi connectivity index (χ3v) is 7.50. The number of nitriles is 1. The van der Waals surface area contributed by atoms with Crippen LogP contribution in [0.1, 0.15) is 55.4 Å². The summed E-state index contributed by atoms with van der Waals surface area (Å²) in [5.41, 5.74) is 2.92. The molecule has 0 radical (unpaired) electrons. The quantitative estimate of drug-likeness (QED) is 0.696. The number of hydrogen-bond acceptors (Lipinski definition) is 3. The monoisotopic (exact) mass is 347 g/mol. The number of rotatable bonds is 5. The molecule has 1 heterocycles. The average molecular weight is 347 g/mol. The van der Waals surface area contributed by atoms with E-state index in [0.717, 1.165) is 36.6 Å². The first kappa shape index (κ1) is 20.9. The Morgan fingerprint density at radius 1 is 1.08 bits per heavy atom. The maximum Gasteiger partial charge on any atom is 0.0993 e. The molecule has 1 aliphatic heterocycles. The summed E-state index contributed by atoms with van der Waals surface area (Å²) in [5, 5.41) is 13.4. The standard InChI is InChI=1S/C20H34N3P/c1-9-23(10-2)14-17-11-16(13-21)12-18(22-17)15-24(19(3,4)5)20(6,7)8/h11-12,15,22H,9-10,14H2,1-8H3/b18-15+. The number of allylic oxidation sites excluding steroid dienone is 3. The van der Waals surface area contributed by atoms with Crippen molar-refractivity contribution in [3.05, 3.63) is 34.9 Å². The Balaban J connectivity index is 3.14. The van der Waals surface area contributed by atoms with Gasteiger partial charge in [-0.1, -0.05) is 63.3 Å². The molecule has 1 N–H and O–H groups in total. The molecule has 0 aromatic rings. The molecule has 0 spiro atoms. The predicted molar refractivity (Wildman–Crippen MR) is 107 cm³/mol. The minimum Gasteiger partial charge on any atom is -0.358 e. The van der Waals surface area contributed by atoms with Gasteiger partial charge < -0.3 is 5.32 Å². The summed E-state index contributed by atoms with van der Waals surface area (Å²) < 4.78 is 0. The van der Waals surface area contributed by atoms with Gasteiger partial charge in [0.2, 0.25) is 0 Å². The molecule has 3 nitrogen and oxygen atoms in total. The van der Waals surface area contributed by atoms with Crippen LogP contribution < -0.4 is 5.32 Å². The number of dihydropyridines is 1. The fourth-order valence-corrected chi connectivity index (χ4v) is 6.30. The van der Waals surface area contributed by atoms with Crippen LogP contribution in [0.2, 0.25) is 0 Å². The molecule has 0 saturated heterocycles. The smallest absolute Gasteiger partial charge is 0.0993 e. The van der Waals surface area contributed by atoms with Gasteiger partial charge in [-0.15, -0.1) is 0 Å². The van der Waals surface area contributed by atoms with Gasteiger partial charge in [0.05, 0.1) is 11.6 Å². The van der Waals surface area contributed by atoms with Crippen molar-refractivity contribution < 1.29 is 0 Å². The van der Waals surface area contributed by atoms with Gasteiger partial charge in [-0.3, -0.25) is 4.90 Å². The van der Waals surface area contributed by atoms with E-state index in [9.17, 15) is 5.26 Å². The molecule has 0 atom stereocenters. The molecule has 0 aromatic heterocycles. The average Bonchev–Trinajstić information content (AvgIpc) is 2.47. The first-order chi connectivity index (χ1) is 11.0. The van der Waals surface area contributed by atoms with Crippen LogP contribution in [0.15, 0.2) is 34.9 Å². The highest BCUT2D eigenvalue weighted by Gasteiger charge is 2.33. The van der Waals surface area contributed by atoms with Crippen LogP contribution in [0.4, 0.5) is 0 Å². The van der Waals surface area contributed by atoms with Crippen molar-refractivity contribution in [1.29, 1.82) is 5.26 Å². The van der Waals surface area contributed by atoms with E-state index < -0.39 is 0 Å². The molecule has 4 heteroatoms. The summed E-state index contributed by atoms with van der Waals surface area (Å²) in [6.45, 7) is 21.1. The highest BCUT2D eigenvalue weighted by molar-refractivity contribution is 7.64. The topological polar surface area (TPSA) is 39.1 Å². The summed E-state index contributed by atoms with van der Waals surface area (Å²) in [6, 6.07) is 2.32. The van der Waals surface area contributed by atoms with Crippen molar-refractivity contribution in [3.8, 4) is 6.07 Å². The minimum absolute atomic E-state index is 0.225. The van der Waals surface area contributed by atoms with Gasteiger partial charge in [0.25, 0.3) is 0 Å². The second-order valence-electron chi connectivity index (χ2n) is 8.26. The second kappa shape index (κ2) is 8.32. The molecule has 0 aliphatic carbocycles. The van der Waals surface area contributed by atoms with Gasteiger partial charge in [0.1, 0.15) is 0 Å². The molecular weight excluding hydrogens is 313 g/mol. The third kappa shape index (κ3) is 6.08.